The van der Waals surface area contributed by atoms with Crippen molar-refractivity contribution in [3.8, 4) is 0 Å². The Balaban J connectivity index is 1.48. The van der Waals surface area contributed by atoms with Gasteiger partial charge in [0, 0.05) is 45.0 Å². The van der Waals surface area contributed by atoms with Gasteiger partial charge in [0.15, 0.2) is 0 Å². The molecule has 2 aliphatic heterocycles. The Morgan fingerprint density at radius 2 is 1.76 bits per heavy atom. The normalized spacial score (nSPS) is 23.9. The molecule has 2 aliphatic rings. The lowest BCUT2D eigenvalue weighted by Gasteiger charge is -2.41. The van der Waals surface area contributed by atoms with Crippen LogP contribution in [0.15, 0.2) is 18.2 Å². The lowest BCUT2D eigenvalue weighted by atomic mass is 10.1. The van der Waals surface area contributed by atoms with Crippen molar-refractivity contribution < 1.29 is 27.5 Å². The molecule has 3 unspecified atom stereocenters. The minimum atomic E-state index is -4.60. The van der Waals surface area contributed by atoms with Crippen LogP contribution < -0.4 is 5.32 Å². The van der Waals surface area contributed by atoms with Gasteiger partial charge in [-0.05, 0) is 39.0 Å². The molecule has 33 heavy (non-hydrogen) atoms. The Kier molecular flexibility index (Phi) is 8.26. The number of hydrogen-bond acceptors (Lipinski definition) is 5. The lowest BCUT2D eigenvalue weighted by molar-refractivity contribution is -0.149. The molecule has 1 N–H and O–H groups in total. The van der Waals surface area contributed by atoms with Crippen LogP contribution in [0.25, 0.3) is 0 Å². The molecule has 0 bridgehead atoms. The molecule has 11 heteroatoms. The average Bonchev–Trinajstić information content (AvgIpc) is 2.73. The van der Waals surface area contributed by atoms with Crippen molar-refractivity contribution in [2.75, 3.05) is 51.1 Å². The number of hydrogen-bond donors (Lipinski definition) is 1. The van der Waals surface area contributed by atoms with E-state index in [1.54, 1.807) is 0 Å². The van der Waals surface area contributed by atoms with Crippen LogP contribution in [0.3, 0.4) is 0 Å². The predicted octanol–water partition coefficient (Wildman–Crippen LogP) is 2.94. The molecule has 0 aliphatic carbocycles. The minimum absolute atomic E-state index is 0.00751. The van der Waals surface area contributed by atoms with E-state index in [9.17, 15) is 22.8 Å². The Morgan fingerprint density at radius 1 is 1.15 bits per heavy atom. The molecule has 0 radical (unpaired) electrons. The van der Waals surface area contributed by atoms with Gasteiger partial charge in [0.25, 0.3) is 0 Å². The number of carbonyl (C=O) groups is 2. The summed E-state index contributed by atoms with van der Waals surface area (Å²) in [5.41, 5.74) is -0.943. The first-order valence-electron chi connectivity index (χ1n) is 11.0. The van der Waals surface area contributed by atoms with Crippen LogP contribution in [-0.4, -0.2) is 90.6 Å². The summed E-state index contributed by atoms with van der Waals surface area (Å²) in [4.78, 5) is 31.2. The van der Waals surface area contributed by atoms with Gasteiger partial charge >= 0.3 is 6.18 Å². The first-order valence-corrected chi connectivity index (χ1v) is 11.4. The Hall–Kier alpha value is -1.88. The number of morpholine rings is 1. The zero-order valence-electron chi connectivity index (χ0n) is 19.0. The first kappa shape index (κ1) is 25.7. The third-order valence-corrected chi connectivity index (χ3v) is 6.30. The highest BCUT2D eigenvalue weighted by molar-refractivity contribution is 6.31. The Bertz CT molecular complexity index is 852. The van der Waals surface area contributed by atoms with Crippen LogP contribution in [0.2, 0.25) is 5.02 Å². The number of ether oxygens (including phenoxy) is 1. The lowest BCUT2D eigenvalue weighted by Crippen LogP contribution is -2.58. The summed E-state index contributed by atoms with van der Waals surface area (Å²) in [6, 6.07) is 3.02. The summed E-state index contributed by atoms with van der Waals surface area (Å²) >= 11 is 5.62. The van der Waals surface area contributed by atoms with Crippen molar-refractivity contribution in [3.05, 3.63) is 28.8 Å². The molecule has 3 rings (SSSR count). The molecule has 3 atom stereocenters. The number of nitrogens with zero attached hydrogens (tertiary/aromatic N) is 3. The second-order valence-corrected chi connectivity index (χ2v) is 9.14. The molecule has 2 fully saturated rings. The molecular weight excluding hydrogens is 461 g/mol. The maximum Gasteiger partial charge on any atom is 0.417 e. The van der Waals surface area contributed by atoms with Gasteiger partial charge in [0.05, 0.1) is 35.4 Å². The number of piperazine rings is 1. The van der Waals surface area contributed by atoms with Gasteiger partial charge in [-0.2, -0.15) is 13.2 Å². The average molecular weight is 491 g/mol. The highest BCUT2D eigenvalue weighted by Crippen LogP contribution is 2.36. The van der Waals surface area contributed by atoms with Crippen LogP contribution >= 0.6 is 11.6 Å². The fourth-order valence-electron chi connectivity index (χ4n) is 4.31. The summed E-state index contributed by atoms with van der Waals surface area (Å²) in [6.45, 7) is 9.42. The predicted molar refractivity (Wildman–Crippen MR) is 119 cm³/mol. The van der Waals surface area contributed by atoms with Crippen LogP contribution in [0.5, 0.6) is 0 Å². The topological polar surface area (TPSA) is 65.1 Å². The molecule has 184 valence electrons. The van der Waals surface area contributed by atoms with E-state index in [1.165, 1.54) is 6.07 Å². The maximum absolute atomic E-state index is 13.0. The molecule has 1 aromatic carbocycles. The van der Waals surface area contributed by atoms with E-state index in [0.717, 1.165) is 12.1 Å². The molecule has 0 aromatic heterocycles. The molecule has 2 amide bonds. The smallest absolute Gasteiger partial charge is 0.372 e. The summed E-state index contributed by atoms with van der Waals surface area (Å²) in [5, 5.41) is 2.09. The number of benzene rings is 1. The number of rotatable bonds is 5. The van der Waals surface area contributed by atoms with Crippen LogP contribution in [0.4, 0.5) is 18.9 Å². The monoisotopic (exact) mass is 490 g/mol. The molecule has 0 saturated carbocycles. The number of nitrogens with one attached hydrogen (secondary N) is 1. The zero-order chi connectivity index (χ0) is 24.3. The third-order valence-electron chi connectivity index (χ3n) is 5.97. The Labute approximate surface area is 196 Å². The maximum atomic E-state index is 13.0. The van der Waals surface area contributed by atoms with E-state index in [0.29, 0.717) is 39.3 Å². The molecule has 0 spiro atoms. The van der Waals surface area contributed by atoms with Gasteiger partial charge in [-0.25, -0.2) is 0 Å². The summed E-state index contributed by atoms with van der Waals surface area (Å²) < 4.78 is 44.7. The first-order chi connectivity index (χ1) is 15.4. The van der Waals surface area contributed by atoms with Crippen LogP contribution in [-0.2, 0) is 20.5 Å². The van der Waals surface area contributed by atoms with Gasteiger partial charge in [-0.15, -0.1) is 0 Å². The Morgan fingerprint density at radius 3 is 2.33 bits per heavy atom. The summed E-state index contributed by atoms with van der Waals surface area (Å²) in [6.07, 6.45) is -4.58. The molecule has 1 aromatic rings. The van der Waals surface area contributed by atoms with Crippen molar-refractivity contribution in [2.45, 2.75) is 45.2 Å². The number of carbonyl (C=O) groups excluding carboxylic acids is 2. The van der Waals surface area contributed by atoms with Gasteiger partial charge in [-0.3, -0.25) is 19.4 Å². The highest BCUT2D eigenvalue weighted by atomic mass is 35.5. The van der Waals surface area contributed by atoms with Crippen molar-refractivity contribution in [2.24, 2.45) is 0 Å². The number of amides is 2. The fourth-order valence-corrected chi connectivity index (χ4v) is 4.54. The summed E-state index contributed by atoms with van der Waals surface area (Å²) in [7, 11) is 0. The van der Waals surface area contributed by atoms with E-state index in [-0.39, 0.29) is 36.4 Å². The molecule has 2 saturated heterocycles. The third kappa shape index (κ3) is 6.81. The number of alkyl halides is 3. The standard InChI is InChI=1S/C22H30ClF3N4O3/c1-14-11-30(12-15(2)33-14)21(32)16(3)29-8-6-28(7-9-29)13-20(31)27-17-4-5-19(23)18(10-17)22(24,25)26/h4-5,10,14-16H,6-9,11-13H2,1-3H3,(H,27,31). The molecular formula is C22H30ClF3N4O3. The van der Waals surface area contributed by atoms with Crippen molar-refractivity contribution in [1.82, 2.24) is 14.7 Å². The SMILES string of the molecule is CC1CN(C(=O)C(C)N2CCN(CC(=O)Nc3ccc(Cl)c(C(F)(F)F)c3)CC2)CC(C)O1. The van der Waals surface area contributed by atoms with Crippen molar-refractivity contribution in [1.29, 1.82) is 0 Å². The van der Waals surface area contributed by atoms with E-state index < -0.39 is 22.7 Å². The van der Waals surface area contributed by atoms with Crippen LogP contribution in [0, 0.1) is 0 Å². The van der Waals surface area contributed by atoms with E-state index >= 15 is 0 Å². The van der Waals surface area contributed by atoms with E-state index in [2.05, 4.69) is 10.2 Å². The molecule has 7 nitrogen and oxygen atoms in total. The fraction of sp³-hybridized carbons (Fsp3) is 0.636. The zero-order valence-corrected chi connectivity index (χ0v) is 19.7. The van der Waals surface area contributed by atoms with Gasteiger partial charge in [0.2, 0.25) is 11.8 Å². The van der Waals surface area contributed by atoms with Crippen molar-refractivity contribution in [3.63, 3.8) is 0 Å². The van der Waals surface area contributed by atoms with Crippen LogP contribution in [0.1, 0.15) is 26.3 Å². The van der Waals surface area contributed by atoms with Gasteiger partial charge in [-0.1, -0.05) is 11.6 Å². The largest absolute Gasteiger partial charge is 0.417 e. The highest BCUT2D eigenvalue weighted by Gasteiger charge is 2.34. The van der Waals surface area contributed by atoms with Gasteiger partial charge < -0.3 is 15.0 Å². The van der Waals surface area contributed by atoms with E-state index in [4.69, 9.17) is 16.3 Å². The quantitative estimate of drug-likeness (QED) is 0.687. The molecule has 2 heterocycles. The number of anilines is 1. The second-order valence-electron chi connectivity index (χ2n) is 8.73. The summed E-state index contributed by atoms with van der Waals surface area (Å²) in [5.74, 6) is -0.328. The number of halogens is 4. The van der Waals surface area contributed by atoms with Gasteiger partial charge in [0.1, 0.15) is 0 Å². The van der Waals surface area contributed by atoms with E-state index in [1.807, 2.05) is 30.6 Å². The van der Waals surface area contributed by atoms with Crippen molar-refractivity contribution >= 4 is 29.1 Å². The minimum Gasteiger partial charge on any atom is -0.372 e. The second kappa shape index (κ2) is 10.6.